The normalized spacial score (nSPS) is 10.6. The molecule has 4 rings (SSSR count). The lowest BCUT2D eigenvalue weighted by atomic mass is 10.0. The van der Waals surface area contributed by atoms with Gasteiger partial charge in [-0.15, -0.1) is 0 Å². The highest BCUT2D eigenvalue weighted by atomic mass is 16.5. The molecule has 3 aromatic carbocycles. The van der Waals surface area contributed by atoms with Crippen molar-refractivity contribution < 1.29 is 9.53 Å². The van der Waals surface area contributed by atoms with Crippen molar-refractivity contribution in [2.45, 2.75) is 19.8 Å². The monoisotopic (exact) mass is 454 g/mol. The Hall–Kier alpha value is -4.43. The van der Waals surface area contributed by atoms with Crippen LogP contribution in [0.25, 0.3) is 11.1 Å². The number of nitrogen functional groups attached to an aromatic ring is 2. The van der Waals surface area contributed by atoms with Gasteiger partial charge in [-0.2, -0.15) is 4.98 Å². The summed E-state index contributed by atoms with van der Waals surface area (Å²) in [5, 5.41) is 5.66. The van der Waals surface area contributed by atoms with Crippen molar-refractivity contribution >= 4 is 23.5 Å². The van der Waals surface area contributed by atoms with Crippen LogP contribution in [0.4, 0.5) is 22.2 Å². The zero-order valence-corrected chi connectivity index (χ0v) is 18.6. The highest BCUT2D eigenvalue weighted by molar-refractivity contribution is 5.89. The number of carbonyl (C=O) groups is 1. The SMILES string of the molecule is Nc1nc(N)c(-c2ccc(NC(=O)NCc3ccccc3)cc2)c(COCc2ccccc2)n1. The maximum atomic E-state index is 12.2. The van der Waals surface area contributed by atoms with Crippen LogP contribution in [0, 0.1) is 0 Å². The maximum absolute atomic E-state index is 12.2. The van der Waals surface area contributed by atoms with E-state index in [2.05, 4.69) is 20.6 Å². The Bertz CT molecular complexity index is 1230. The number of hydrogen-bond donors (Lipinski definition) is 4. The van der Waals surface area contributed by atoms with E-state index < -0.39 is 0 Å². The van der Waals surface area contributed by atoms with Crippen molar-refractivity contribution in [3.63, 3.8) is 0 Å². The predicted octanol–water partition coefficient (Wildman–Crippen LogP) is 4.35. The number of amides is 2. The van der Waals surface area contributed by atoms with Crippen LogP contribution in [0.1, 0.15) is 16.8 Å². The molecule has 0 aliphatic heterocycles. The molecule has 6 N–H and O–H groups in total. The molecule has 0 spiro atoms. The zero-order valence-electron chi connectivity index (χ0n) is 18.6. The summed E-state index contributed by atoms with van der Waals surface area (Å²) in [6.07, 6.45) is 0. The summed E-state index contributed by atoms with van der Waals surface area (Å²) in [7, 11) is 0. The van der Waals surface area contributed by atoms with Gasteiger partial charge in [-0.25, -0.2) is 9.78 Å². The van der Waals surface area contributed by atoms with E-state index in [1.165, 1.54) is 0 Å². The molecule has 8 heteroatoms. The summed E-state index contributed by atoms with van der Waals surface area (Å²) < 4.78 is 5.85. The van der Waals surface area contributed by atoms with Crippen LogP contribution in [-0.4, -0.2) is 16.0 Å². The number of aromatic nitrogens is 2. The van der Waals surface area contributed by atoms with Crippen molar-refractivity contribution in [1.82, 2.24) is 15.3 Å². The third-order valence-corrected chi connectivity index (χ3v) is 5.11. The van der Waals surface area contributed by atoms with E-state index in [1.807, 2.05) is 72.8 Å². The fourth-order valence-corrected chi connectivity index (χ4v) is 3.48. The van der Waals surface area contributed by atoms with Crippen LogP contribution in [0.5, 0.6) is 0 Å². The maximum Gasteiger partial charge on any atom is 0.319 e. The van der Waals surface area contributed by atoms with E-state index in [0.717, 1.165) is 16.7 Å². The van der Waals surface area contributed by atoms with E-state index in [-0.39, 0.29) is 24.4 Å². The van der Waals surface area contributed by atoms with E-state index in [0.29, 0.717) is 30.1 Å². The molecule has 0 aliphatic carbocycles. The number of anilines is 3. The summed E-state index contributed by atoms with van der Waals surface area (Å²) in [4.78, 5) is 20.7. The molecule has 1 heterocycles. The van der Waals surface area contributed by atoms with Crippen molar-refractivity contribution in [2.75, 3.05) is 16.8 Å². The predicted molar refractivity (Wildman–Crippen MR) is 134 cm³/mol. The number of nitrogens with two attached hydrogens (primary N) is 2. The van der Waals surface area contributed by atoms with Crippen molar-refractivity contribution in [3.05, 3.63) is 102 Å². The van der Waals surface area contributed by atoms with E-state index in [1.54, 1.807) is 12.1 Å². The highest BCUT2D eigenvalue weighted by Crippen LogP contribution is 2.30. The number of nitrogens with one attached hydrogen (secondary N) is 2. The van der Waals surface area contributed by atoms with Gasteiger partial charge in [0, 0.05) is 17.8 Å². The number of benzene rings is 3. The minimum Gasteiger partial charge on any atom is -0.383 e. The first-order valence-electron chi connectivity index (χ1n) is 10.8. The molecule has 1 aromatic heterocycles. The van der Waals surface area contributed by atoms with Crippen molar-refractivity contribution in [3.8, 4) is 11.1 Å². The summed E-state index contributed by atoms with van der Waals surface area (Å²) in [6.45, 7) is 1.10. The van der Waals surface area contributed by atoms with Gasteiger partial charge >= 0.3 is 6.03 Å². The topological polar surface area (TPSA) is 128 Å². The van der Waals surface area contributed by atoms with Crippen LogP contribution < -0.4 is 22.1 Å². The molecule has 4 aromatic rings. The zero-order chi connectivity index (χ0) is 23.8. The largest absolute Gasteiger partial charge is 0.383 e. The summed E-state index contributed by atoms with van der Waals surface area (Å²) in [6, 6.07) is 26.6. The molecule has 0 atom stereocenters. The van der Waals surface area contributed by atoms with Crippen LogP contribution in [0.2, 0.25) is 0 Å². The van der Waals surface area contributed by atoms with Crippen molar-refractivity contribution in [1.29, 1.82) is 0 Å². The molecular formula is C26H26N6O2. The van der Waals surface area contributed by atoms with E-state index >= 15 is 0 Å². The second-order valence-corrected chi connectivity index (χ2v) is 7.64. The number of urea groups is 1. The number of hydrogen-bond acceptors (Lipinski definition) is 6. The van der Waals surface area contributed by atoms with Gasteiger partial charge in [0.25, 0.3) is 0 Å². The van der Waals surface area contributed by atoms with Gasteiger partial charge in [-0.3, -0.25) is 0 Å². The van der Waals surface area contributed by atoms with Crippen LogP contribution in [0.15, 0.2) is 84.9 Å². The molecule has 0 bridgehead atoms. The number of nitrogens with zero attached hydrogens (tertiary/aromatic N) is 2. The molecule has 0 unspecified atom stereocenters. The molecule has 0 saturated heterocycles. The molecule has 0 radical (unpaired) electrons. The summed E-state index contributed by atoms with van der Waals surface area (Å²) in [5.74, 6) is 0.361. The van der Waals surface area contributed by atoms with Crippen molar-refractivity contribution in [2.24, 2.45) is 0 Å². The molecule has 0 saturated carbocycles. The third-order valence-electron chi connectivity index (χ3n) is 5.11. The van der Waals surface area contributed by atoms with Crippen LogP contribution in [-0.2, 0) is 24.5 Å². The molecule has 8 nitrogen and oxygen atoms in total. The lowest BCUT2D eigenvalue weighted by Gasteiger charge is -2.13. The Morgan fingerprint density at radius 1 is 0.794 bits per heavy atom. The lowest BCUT2D eigenvalue weighted by Crippen LogP contribution is -2.28. The quantitative estimate of drug-likeness (QED) is 0.313. The molecular weight excluding hydrogens is 428 g/mol. The molecule has 34 heavy (non-hydrogen) atoms. The molecule has 0 aliphatic rings. The standard InChI is InChI=1S/C26H26N6O2/c27-24-23(22(31-25(28)32-24)17-34-16-19-9-5-2-6-10-19)20-11-13-21(14-12-20)30-26(33)29-15-18-7-3-1-4-8-18/h1-14H,15-17H2,(H2,29,30,33)(H4,27,28,31,32). The number of carbonyl (C=O) groups excluding carboxylic acids is 1. The first-order chi connectivity index (χ1) is 16.6. The smallest absolute Gasteiger partial charge is 0.319 e. The first-order valence-corrected chi connectivity index (χ1v) is 10.8. The highest BCUT2D eigenvalue weighted by Gasteiger charge is 2.14. The molecule has 172 valence electrons. The number of rotatable bonds is 8. The second kappa shape index (κ2) is 10.9. The van der Waals surface area contributed by atoms with Gasteiger partial charge in [-0.05, 0) is 28.8 Å². The Morgan fingerprint density at radius 2 is 1.44 bits per heavy atom. The van der Waals surface area contributed by atoms with Gasteiger partial charge < -0.3 is 26.8 Å². The van der Waals surface area contributed by atoms with E-state index in [4.69, 9.17) is 16.2 Å². The van der Waals surface area contributed by atoms with Gasteiger partial charge in [0.2, 0.25) is 5.95 Å². The van der Waals surface area contributed by atoms with Crippen LogP contribution in [0.3, 0.4) is 0 Å². The van der Waals surface area contributed by atoms with Gasteiger partial charge in [0.05, 0.1) is 18.9 Å². The lowest BCUT2D eigenvalue weighted by molar-refractivity contribution is 0.105. The van der Waals surface area contributed by atoms with Gasteiger partial charge in [0.1, 0.15) is 5.82 Å². The Kier molecular flexibility index (Phi) is 7.32. The Labute approximate surface area is 198 Å². The third kappa shape index (κ3) is 6.08. The minimum atomic E-state index is -0.290. The first kappa shape index (κ1) is 22.8. The Balaban J connectivity index is 1.42. The summed E-state index contributed by atoms with van der Waals surface area (Å²) >= 11 is 0. The average molecular weight is 455 g/mol. The van der Waals surface area contributed by atoms with E-state index in [9.17, 15) is 4.79 Å². The number of ether oxygens (including phenoxy) is 1. The fraction of sp³-hybridized carbons (Fsp3) is 0.115. The second-order valence-electron chi connectivity index (χ2n) is 7.64. The minimum absolute atomic E-state index is 0.0907. The average Bonchev–Trinajstić information content (AvgIpc) is 2.85. The van der Waals surface area contributed by atoms with Crippen LogP contribution >= 0.6 is 0 Å². The molecule has 0 fully saturated rings. The molecule has 2 amide bonds. The summed E-state index contributed by atoms with van der Waals surface area (Å²) in [5.41, 5.74) is 16.8. The fourth-order valence-electron chi connectivity index (χ4n) is 3.48. The van der Waals surface area contributed by atoms with Gasteiger partial charge in [0.15, 0.2) is 0 Å². The van der Waals surface area contributed by atoms with Gasteiger partial charge in [-0.1, -0.05) is 72.8 Å². The Morgan fingerprint density at radius 3 is 2.12 bits per heavy atom.